The molecule has 7 heteroatoms. The molecule has 0 bridgehead atoms. The summed E-state index contributed by atoms with van der Waals surface area (Å²) in [5, 5.41) is 5.75. The van der Waals surface area contributed by atoms with E-state index in [-0.39, 0.29) is 4.99 Å². The van der Waals surface area contributed by atoms with Crippen LogP contribution in [0, 0.1) is 0 Å². The second-order valence-electron chi connectivity index (χ2n) is 2.71. The first-order chi connectivity index (χ1) is 7.02. The normalized spacial score (nSPS) is 11.8. The molecular formula is C8H9N3O2S2. The van der Waals surface area contributed by atoms with Crippen LogP contribution in [0.5, 0.6) is 0 Å². The van der Waals surface area contributed by atoms with E-state index in [1.54, 1.807) is 16.8 Å². The minimum Gasteiger partial charge on any atom is -0.368 e. The Morgan fingerprint density at radius 3 is 2.67 bits per heavy atom. The van der Waals surface area contributed by atoms with E-state index in [9.17, 15) is 9.59 Å². The molecule has 1 aromatic heterocycles. The van der Waals surface area contributed by atoms with Crippen LogP contribution in [0.3, 0.4) is 0 Å². The van der Waals surface area contributed by atoms with Gasteiger partial charge >= 0.3 is 0 Å². The number of hydrogen-bond donors (Lipinski definition) is 3. The SMILES string of the molecule is NC(=O)C(N)C(=S)NC(=O)c1ccsc1. The minimum absolute atomic E-state index is 0.0706. The van der Waals surface area contributed by atoms with Crippen molar-refractivity contribution in [1.82, 2.24) is 5.32 Å². The quantitative estimate of drug-likeness (QED) is 0.630. The lowest BCUT2D eigenvalue weighted by molar-refractivity contribution is -0.117. The van der Waals surface area contributed by atoms with Crippen LogP contribution in [-0.2, 0) is 4.79 Å². The van der Waals surface area contributed by atoms with Crippen LogP contribution < -0.4 is 16.8 Å². The molecule has 0 saturated carbocycles. The molecule has 0 radical (unpaired) electrons. The zero-order valence-electron chi connectivity index (χ0n) is 7.60. The van der Waals surface area contributed by atoms with Crippen LogP contribution in [0.4, 0.5) is 0 Å². The van der Waals surface area contributed by atoms with E-state index < -0.39 is 17.9 Å². The molecule has 0 saturated heterocycles. The van der Waals surface area contributed by atoms with Gasteiger partial charge in [0.15, 0.2) is 0 Å². The van der Waals surface area contributed by atoms with E-state index in [2.05, 4.69) is 5.32 Å². The largest absolute Gasteiger partial charge is 0.368 e. The highest BCUT2D eigenvalue weighted by atomic mass is 32.1. The Labute approximate surface area is 95.4 Å². The number of nitrogens with one attached hydrogen (secondary N) is 1. The Morgan fingerprint density at radius 2 is 2.20 bits per heavy atom. The summed E-state index contributed by atoms with van der Waals surface area (Å²) in [5.74, 6) is -1.16. The van der Waals surface area contributed by atoms with Gasteiger partial charge in [-0.1, -0.05) is 12.2 Å². The van der Waals surface area contributed by atoms with Gasteiger partial charge in [0.25, 0.3) is 5.91 Å². The van der Waals surface area contributed by atoms with Crippen molar-refractivity contribution < 1.29 is 9.59 Å². The number of thiophene rings is 1. The third-order valence-electron chi connectivity index (χ3n) is 1.61. The molecule has 0 aliphatic rings. The van der Waals surface area contributed by atoms with Crippen molar-refractivity contribution in [2.45, 2.75) is 6.04 Å². The molecule has 15 heavy (non-hydrogen) atoms. The molecule has 1 rings (SSSR count). The average molecular weight is 243 g/mol. The molecule has 5 nitrogen and oxygen atoms in total. The van der Waals surface area contributed by atoms with Crippen molar-refractivity contribution >= 4 is 40.4 Å². The summed E-state index contributed by atoms with van der Waals surface area (Å²) in [5.41, 5.74) is 10.7. The number of rotatable bonds is 3. The zero-order valence-corrected chi connectivity index (χ0v) is 9.23. The van der Waals surface area contributed by atoms with Gasteiger partial charge in [-0.2, -0.15) is 11.3 Å². The van der Waals surface area contributed by atoms with Crippen molar-refractivity contribution in [2.75, 3.05) is 0 Å². The highest BCUT2D eigenvalue weighted by molar-refractivity contribution is 7.80. The minimum atomic E-state index is -1.14. The molecule has 1 atom stereocenters. The first kappa shape index (κ1) is 11.8. The summed E-state index contributed by atoms with van der Waals surface area (Å²) in [6.45, 7) is 0. The van der Waals surface area contributed by atoms with Gasteiger partial charge in [0.2, 0.25) is 5.91 Å². The zero-order chi connectivity index (χ0) is 11.4. The molecule has 1 aromatic rings. The lowest BCUT2D eigenvalue weighted by Crippen LogP contribution is -2.49. The fourth-order valence-corrected chi connectivity index (χ4v) is 1.63. The molecule has 0 aromatic carbocycles. The third-order valence-corrected chi connectivity index (χ3v) is 2.65. The number of nitrogens with two attached hydrogens (primary N) is 2. The monoisotopic (exact) mass is 243 g/mol. The lowest BCUT2D eigenvalue weighted by Gasteiger charge is -2.09. The highest BCUT2D eigenvalue weighted by Gasteiger charge is 2.18. The number of hydrogen-bond acceptors (Lipinski definition) is 5. The Morgan fingerprint density at radius 1 is 1.53 bits per heavy atom. The second-order valence-corrected chi connectivity index (χ2v) is 3.93. The summed E-state index contributed by atoms with van der Waals surface area (Å²) < 4.78 is 0. The maximum Gasteiger partial charge on any atom is 0.256 e. The van der Waals surface area contributed by atoms with Gasteiger partial charge < -0.3 is 16.8 Å². The molecule has 0 spiro atoms. The van der Waals surface area contributed by atoms with E-state index >= 15 is 0 Å². The summed E-state index contributed by atoms with van der Waals surface area (Å²) in [7, 11) is 0. The fraction of sp³-hybridized carbons (Fsp3) is 0.125. The maximum absolute atomic E-state index is 11.4. The Bertz CT molecular complexity index is 389. The van der Waals surface area contributed by atoms with Crippen LogP contribution in [0.15, 0.2) is 16.8 Å². The summed E-state index contributed by atoms with van der Waals surface area (Å²) in [4.78, 5) is 22.0. The first-order valence-corrected chi connectivity index (χ1v) is 5.29. The van der Waals surface area contributed by atoms with Gasteiger partial charge in [-0.05, 0) is 11.4 Å². The van der Waals surface area contributed by atoms with E-state index in [1.165, 1.54) is 11.3 Å². The van der Waals surface area contributed by atoms with Crippen LogP contribution in [-0.4, -0.2) is 22.8 Å². The van der Waals surface area contributed by atoms with E-state index in [4.69, 9.17) is 23.7 Å². The highest BCUT2D eigenvalue weighted by Crippen LogP contribution is 2.05. The van der Waals surface area contributed by atoms with Gasteiger partial charge in [0, 0.05) is 5.38 Å². The van der Waals surface area contributed by atoms with Crippen molar-refractivity contribution in [3.63, 3.8) is 0 Å². The van der Waals surface area contributed by atoms with E-state index in [0.717, 1.165) is 0 Å². The Hall–Kier alpha value is -1.31. The van der Waals surface area contributed by atoms with Gasteiger partial charge in [-0.25, -0.2) is 0 Å². The number of amides is 2. The number of thiocarbonyl (C=S) groups is 1. The van der Waals surface area contributed by atoms with Crippen LogP contribution in [0.25, 0.3) is 0 Å². The van der Waals surface area contributed by atoms with Gasteiger partial charge in [-0.3, -0.25) is 9.59 Å². The molecule has 1 unspecified atom stereocenters. The van der Waals surface area contributed by atoms with Crippen molar-refractivity contribution in [3.05, 3.63) is 22.4 Å². The fourth-order valence-electron chi connectivity index (χ4n) is 0.785. The van der Waals surface area contributed by atoms with Gasteiger partial charge in [0.05, 0.1) is 5.56 Å². The first-order valence-electron chi connectivity index (χ1n) is 3.94. The third kappa shape index (κ3) is 3.08. The van der Waals surface area contributed by atoms with Crippen LogP contribution in [0.2, 0.25) is 0 Å². The lowest BCUT2D eigenvalue weighted by atomic mass is 10.2. The molecular weight excluding hydrogens is 234 g/mol. The molecule has 2 amide bonds. The van der Waals surface area contributed by atoms with Crippen molar-refractivity contribution in [1.29, 1.82) is 0 Å². The van der Waals surface area contributed by atoms with E-state index in [0.29, 0.717) is 5.56 Å². The predicted molar refractivity (Wildman–Crippen MR) is 61.6 cm³/mol. The van der Waals surface area contributed by atoms with Crippen molar-refractivity contribution in [3.8, 4) is 0 Å². The number of carbonyl (C=O) groups is 2. The molecule has 0 aliphatic heterocycles. The molecule has 80 valence electrons. The molecule has 1 heterocycles. The van der Waals surface area contributed by atoms with Crippen LogP contribution >= 0.6 is 23.6 Å². The second kappa shape index (κ2) is 4.96. The average Bonchev–Trinajstić information content (AvgIpc) is 2.68. The van der Waals surface area contributed by atoms with Gasteiger partial charge in [-0.15, -0.1) is 0 Å². The predicted octanol–water partition coefficient (Wildman–Crippen LogP) is -0.382. The smallest absolute Gasteiger partial charge is 0.256 e. The van der Waals surface area contributed by atoms with Crippen molar-refractivity contribution in [2.24, 2.45) is 11.5 Å². The topological polar surface area (TPSA) is 98.2 Å². The Kier molecular flexibility index (Phi) is 3.89. The van der Waals surface area contributed by atoms with Crippen LogP contribution in [0.1, 0.15) is 10.4 Å². The Balaban J connectivity index is 2.60. The number of carbonyl (C=O) groups excluding carboxylic acids is 2. The summed E-state index contributed by atoms with van der Waals surface area (Å²) in [6, 6.07) is 0.501. The molecule has 0 aliphatic carbocycles. The number of primary amides is 1. The summed E-state index contributed by atoms with van der Waals surface area (Å²) in [6.07, 6.45) is 0. The molecule has 0 fully saturated rings. The summed E-state index contributed by atoms with van der Waals surface area (Å²) >= 11 is 6.13. The molecule has 5 N–H and O–H groups in total. The van der Waals surface area contributed by atoms with E-state index in [1.807, 2.05) is 0 Å². The van der Waals surface area contributed by atoms with Gasteiger partial charge in [0.1, 0.15) is 11.0 Å². The maximum atomic E-state index is 11.4. The standard InChI is InChI=1S/C8H9N3O2S2/c9-5(6(10)12)8(14)11-7(13)4-1-2-15-3-4/h1-3,5H,9H2,(H2,10,12)(H,11,13,14).